The molecule has 0 saturated carbocycles. The van der Waals surface area contributed by atoms with Gasteiger partial charge < -0.3 is 15.0 Å². The third-order valence-electron chi connectivity index (χ3n) is 4.22. The molecule has 0 aliphatic heterocycles. The van der Waals surface area contributed by atoms with E-state index in [1.807, 2.05) is 30.5 Å². The van der Waals surface area contributed by atoms with Crippen molar-refractivity contribution in [3.05, 3.63) is 65.9 Å². The van der Waals surface area contributed by atoms with Gasteiger partial charge in [0.1, 0.15) is 0 Å². The molecule has 0 bridgehead atoms. The summed E-state index contributed by atoms with van der Waals surface area (Å²) in [4.78, 5) is 23.7. The third kappa shape index (κ3) is 3.44. The zero-order valence-corrected chi connectivity index (χ0v) is 15.2. The number of hydrogen-bond donors (Lipinski definition) is 2. The number of nitrogens with zero attached hydrogens (tertiary/aromatic N) is 1. The van der Waals surface area contributed by atoms with Crippen molar-refractivity contribution < 1.29 is 14.7 Å². The van der Waals surface area contributed by atoms with E-state index in [1.165, 1.54) is 0 Å². The van der Waals surface area contributed by atoms with Gasteiger partial charge in [0.25, 0.3) is 5.91 Å². The van der Waals surface area contributed by atoms with E-state index < -0.39 is 11.3 Å². The number of aliphatic carboxylic acids is 1. The summed E-state index contributed by atoms with van der Waals surface area (Å²) in [5.41, 5.74) is 2.65. The van der Waals surface area contributed by atoms with Gasteiger partial charge in [-0.3, -0.25) is 9.59 Å². The molecule has 1 amide bonds. The maximum atomic E-state index is 12.7. The second kappa shape index (κ2) is 7.22. The average molecular weight is 371 g/mol. The number of para-hydroxylation sites is 1. The fraction of sp³-hybridized carbons (Fsp3) is 0.200. The lowest BCUT2D eigenvalue weighted by atomic mass is 10.1. The number of amides is 1. The number of alkyl halides is 1. The first kappa shape index (κ1) is 18.0. The SMILES string of the molecule is CC(C)n1cc(C(=O)Nc2ccc(C(Cl)C(=O)O)cc2)c2ccccc21. The predicted molar refractivity (Wildman–Crippen MR) is 103 cm³/mol. The van der Waals surface area contributed by atoms with Gasteiger partial charge in [-0.2, -0.15) is 0 Å². The molecule has 0 fully saturated rings. The molecule has 0 spiro atoms. The largest absolute Gasteiger partial charge is 0.480 e. The molecule has 3 aromatic rings. The lowest BCUT2D eigenvalue weighted by Gasteiger charge is -2.08. The minimum atomic E-state index is -1.11. The minimum absolute atomic E-state index is 0.214. The molecule has 1 unspecified atom stereocenters. The van der Waals surface area contributed by atoms with Crippen molar-refractivity contribution in [1.29, 1.82) is 0 Å². The zero-order valence-electron chi connectivity index (χ0n) is 14.4. The number of carboxylic acids is 1. The average Bonchev–Trinajstić information content (AvgIpc) is 3.02. The van der Waals surface area contributed by atoms with Gasteiger partial charge in [0.05, 0.1) is 5.56 Å². The summed E-state index contributed by atoms with van der Waals surface area (Å²) in [6.07, 6.45) is 1.86. The van der Waals surface area contributed by atoms with Crippen LogP contribution in [0.2, 0.25) is 0 Å². The molecule has 6 heteroatoms. The first-order chi connectivity index (χ1) is 12.4. The number of aromatic nitrogens is 1. The Bertz CT molecular complexity index is 961. The third-order valence-corrected chi connectivity index (χ3v) is 4.66. The van der Waals surface area contributed by atoms with Gasteiger partial charge in [-0.15, -0.1) is 11.6 Å². The molecule has 0 aliphatic rings. The molecule has 3 rings (SSSR count). The molecule has 5 nitrogen and oxygen atoms in total. The molecule has 2 aromatic carbocycles. The number of carbonyl (C=O) groups excluding carboxylic acids is 1. The maximum absolute atomic E-state index is 12.7. The molecule has 0 aliphatic carbocycles. The number of nitrogens with one attached hydrogen (secondary N) is 1. The molecule has 2 N–H and O–H groups in total. The van der Waals surface area contributed by atoms with Crippen molar-refractivity contribution in [3.8, 4) is 0 Å². The van der Waals surface area contributed by atoms with Crippen LogP contribution in [0.3, 0.4) is 0 Å². The van der Waals surface area contributed by atoms with E-state index in [4.69, 9.17) is 16.7 Å². The highest BCUT2D eigenvalue weighted by molar-refractivity contribution is 6.29. The van der Waals surface area contributed by atoms with Gasteiger partial charge in [-0.05, 0) is 37.6 Å². The van der Waals surface area contributed by atoms with Gasteiger partial charge in [-0.1, -0.05) is 30.3 Å². The van der Waals surface area contributed by atoms with Crippen LogP contribution in [0, 0.1) is 0 Å². The number of anilines is 1. The summed E-state index contributed by atoms with van der Waals surface area (Å²) in [6, 6.07) is 14.5. The fourth-order valence-electron chi connectivity index (χ4n) is 2.89. The predicted octanol–water partition coefficient (Wildman–Crippen LogP) is 4.84. The van der Waals surface area contributed by atoms with Crippen molar-refractivity contribution in [2.75, 3.05) is 5.32 Å². The number of halogens is 1. The summed E-state index contributed by atoms with van der Waals surface area (Å²) in [7, 11) is 0. The minimum Gasteiger partial charge on any atom is -0.480 e. The Morgan fingerprint density at radius 1 is 1.08 bits per heavy atom. The van der Waals surface area contributed by atoms with Crippen LogP contribution >= 0.6 is 11.6 Å². The Labute approximate surface area is 156 Å². The van der Waals surface area contributed by atoms with E-state index in [-0.39, 0.29) is 11.9 Å². The summed E-state index contributed by atoms with van der Waals surface area (Å²) >= 11 is 5.80. The summed E-state index contributed by atoms with van der Waals surface area (Å²) in [5.74, 6) is -1.32. The van der Waals surface area contributed by atoms with Gasteiger partial charge in [0, 0.05) is 28.8 Å². The van der Waals surface area contributed by atoms with Gasteiger partial charge in [0.15, 0.2) is 5.38 Å². The first-order valence-electron chi connectivity index (χ1n) is 8.26. The van der Waals surface area contributed by atoms with Crippen LogP contribution in [0.25, 0.3) is 10.9 Å². The first-order valence-corrected chi connectivity index (χ1v) is 8.70. The Morgan fingerprint density at radius 3 is 2.35 bits per heavy atom. The van der Waals surface area contributed by atoms with Crippen LogP contribution in [0.1, 0.15) is 41.2 Å². The number of fused-ring (bicyclic) bond motifs is 1. The van der Waals surface area contributed by atoms with Crippen LogP contribution < -0.4 is 5.32 Å². The van der Waals surface area contributed by atoms with Crippen LogP contribution in [-0.2, 0) is 4.79 Å². The molecule has 0 radical (unpaired) electrons. The highest BCUT2D eigenvalue weighted by Crippen LogP contribution is 2.26. The van der Waals surface area contributed by atoms with Crippen LogP contribution in [-0.4, -0.2) is 21.6 Å². The van der Waals surface area contributed by atoms with Gasteiger partial charge in [0.2, 0.25) is 0 Å². The lowest BCUT2D eigenvalue weighted by molar-refractivity contribution is -0.136. The smallest absolute Gasteiger partial charge is 0.326 e. The quantitative estimate of drug-likeness (QED) is 0.631. The second-order valence-electron chi connectivity index (χ2n) is 6.34. The Balaban J connectivity index is 1.87. The van der Waals surface area contributed by atoms with Crippen LogP contribution in [0.15, 0.2) is 54.7 Å². The highest BCUT2D eigenvalue weighted by atomic mass is 35.5. The molecule has 0 saturated heterocycles. The Hall–Kier alpha value is -2.79. The molecular formula is C20H19ClN2O3. The summed E-state index contributed by atoms with van der Waals surface area (Å²) < 4.78 is 2.07. The standard InChI is InChI=1S/C20H19ClN2O3/c1-12(2)23-11-16(15-5-3-4-6-17(15)23)19(24)22-14-9-7-13(8-10-14)18(21)20(25)26/h3-12,18H,1-2H3,(H,22,24)(H,25,26). The van der Waals surface area contributed by atoms with Crippen molar-refractivity contribution in [3.63, 3.8) is 0 Å². The number of benzene rings is 2. The van der Waals surface area contributed by atoms with Gasteiger partial charge >= 0.3 is 5.97 Å². The number of carboxylic acid groups (broad SMARTS) is 1. The van der Waals surface area contributed by atoms with Crippen LogP contribution in [0.5, 0.6) is 0 Å². The number of carbonyl (C=O) groups is 2. The molecular weight excluding hydrogens is 352 g/mol. The van der Waals surface area contributed by atoms with Crippen molar-refractivity contribution in [2.24, 2.45) is 0 Å². The maximum Gasteiger partial charge on any atom is 0.326 e. The van der Waals surface area contributed by atoms with E-state index in [9.17, 15) is 9.59 Å². The van der Waals surface area contributed by atoms with E-state index in [0.29, 0.717) is 16.8 Å². The van der Waals surface area contributed by atoms with E-state index in [0.717, 1.165) is 10.9 Å². The number of rotatable bonds is 5. The van der Waals surface area contributed by atoms with Crippen molar-refractivity contribution in [2.45, 2.75) is 25.3 Å². The molecule has 1 aromatic heterocycles. The second-order valence-corrected chi connectivity index (χ2v) is 6.77. The number of hydrogen-bond acceptors (Lipinski definition) is 2. The Morgan fingerprint density at radius 2 is 1.73 bits per heavy atom. The zero-order chi connectivity index (χ0) is 18.8. The van der Waals surface area contributed by atoms with E-state index >= 15 is 0 Å². The monoisotopic (exact) mass is 370 g/mol. The molecule has 1 heterocycles. The van der Waals surface area contributed by atoms with E-state index in [2.05, 4.69) is 23.7 Å². The topological polar surface area (TPSA) is 71.3 Å². The normalized spacial score (nSPS) is 12.3. The van der Waals surface area contributed by atoms with Crippen molar-refractivity contribution >= 4 is 40.1 Å². The van der Waals surface area contributed by atoms with Crippen molar-refractivity contribution in [1.82, 2.24) is 4.57 Å². The Kier molecular flexibility index (Phi) is 5.00. The van der Waals surface area contributed by atoms with Gasteiger partial charge in [-0.25, -0.2) is 0 Å². The molecule has 134 valence electrons. The summed E-state index contributed by atoms with van der Waals surface area (Å²) in [5, 5.41) is 11.6. The lowest BCUT2D eigenvalue weighted by Crippen LogP contribution is -2.12. The van der Waals surface area contributed by atoms with Crippen LogP contribution in [0.4, 0.5) is 5.69 Å². The molecule has 1 atom stereocenters. The molecule has 26 heavy (non-hydrogen) atoms. The fourth-order valence-corrected chi connectivity index (χ4v) is 3.03. The van der Waals surface area contributed by atoms with E-state index in [1.54, 1.807) is 24.3 Å². The highest BCUT2D eigenvalue weighted by Gasteiger charge is 2.18. The summed E-state index contributed by atoms with van der Waals surface area (Å²) in [6.45, 7) is 4.13.